The Balaban J connectivity index is 1.55. The Morgan fingerprint density at radius 3 is 2.17 bits per heavy atom. The van der Waals surface area contributed by atoms with E-state index in [9.17, 15) is 4.79 Å². The summed E-state index contributed by atoms with van der Waals surface area (Å²) in [5.41, 5.74) is 6.04. The van der Waals surface area contributed by atoms with Gasteiger partial charge in [-0.05, 0) is 62.1 Å². The van der Waals surface area contributed by atoms with E-state index in [1.165, 1.54) is 19.3 Å². The minimum atomic E-state index is -1.14. The summed E-state index contributed by atoms with van der Waals surface area (Å²) in [6.07, 6.45) is 7.05. The molecule has 0 amide bonds. The molecule has 7 rings (SSSR count). The molecule has 3 aliphatic rings. The third kappa shape index (κ3) is 4.09. The zero-order chi connectivity index (χ0) is 28.0. The Morgan fingerprint density at radius 2 is 1.51 bits per heavy atom. The van der Waals surface area contributed by atoms with Crippen LogP contribution in [0.15, 0.2) is 84.9 Å². The van der Waals surface area contributed by atoms with Crippen molar-refractivity contribution < 1.29 is 14.3 Å². The van der Waals surface area contributed by atoms with Gasteiger partial charge in [-0.15, -0.1) is 0 Å². The van der Waals surface area contributed by atoms with Gasteiger partial charge in [0.15, 0.2) is 5.60 Å². The molecule has 0 radical (unpaired) electrons. The molecule has 2 heterocycles. The molecule has 208 valence electrons. The Hall–Kier alpha value is -4.25. The van der Waals surface area contributed by atoms with Crippen LogP contribution < -0.4 is 15.0 Å². The van der Waals surface area contributed by atoms with Crippen molar-refractivity contribution in [2.24, 2.45) is 0 Å². The number of hydrogen-bond donors (Lipinski definition) is 1. The van der Waals surface area contributed by atoms with Crippen LogP contribution in [-0.2, 0) is 10.3 Å². The number of nitrogens with zero attached hydrogens (tertiary/aromatic N) is 1. The summed E-state index contributed by atoms with van der Waals surface area (Å²) in [5, 5.41) is 3.71. The topological polar surface area (TPSA) is 50.8 Å². The van der Waals surface area contributed by atoms with Crippen LogP contribution in [0.25, 0.3) is 0 Å². The number of hydrogen-bond acceptors (Lipinski definition) is 5. The fourth-order valence-electron chi connectivity index (χ4n) is 7.12. The summed E-state index contributed by atoms with van der Waals surface area (Å²) in [7, 11) is 0. The first kappa shape index (κ1) is 25.7. The lowest BCUT2D eigenvalue weighted by molar-refractivity contribution is 0.0226. The van der Waals surface area contributed by atoms with Gasteiger partial charge in [0.1, 0.15) is 11.5 Å². The van der Waals surface area contributed by atoms with Crippen molar-refractivity contribution in [3.05, 3.63) is 113 Å². The number of fused-ring (bicyclic) bond motifs is 6. The molecule has 1 N–H and O–H groups in total. The molecule has 1 fully saturated rings. The zero-order valence-electron chi connectivity index (χ0n) is 23.8. The van der Waals surface area contributed by atoms with Gasteiger partial charge in [0, 0.05) is 35.0 Å². The highest BCUT2D eigenvalue weighted by molar-refractivity contribution is 6.05. The van der Waals surface area contributed by atoms with Gasteiger partial charge in [-0.25, -0.2) is 4.79 Å². The summed E-state index contributed by atoms with van der Waals surface area (Å²) in [5.74, 6) is 1.13. The standard InChI is InChI=1S/C36H36N2O3/c1-3-22-38(26-16-8-5-9-17-26)29-23-24(2)34(37-25-14-6-4-7-15-25)33-32(29)35(39)41-36(33)27-18-10-12-20-30(27)40-31-21-13-11-19-28(31)36/h4,6-7,10-15,18-21,23,26,37H,3,5,8-9,16-17,22H2,1-2H3. The Bertz CT molecular complexity index is 1560. The molecule has 5 nitrogen and oxygen atoms in total. The van der Waals surface area contributed by atoms with Crippen molar-refractivity contribution in [3.8, 4) is 11.5 Å². The minimum absolute atomic E-state index is 0.283. The number of anilines is 3. The van der Waals surface area contributed by atoms with Crippen LogP contribution in [0.2, 0.25) is 0 Å². The van der Waals surface area contributed by atoms with Gasteiger partial charge < -0.3 is 19.7 Å². The molecule has 1 aliphatic carbocycles. The van der Waals surface area contributed by atoms with E-state index < -0.39 is 5.60 Å². The van der Waals surface area contributed by atoms with E-state index in [-0.39, 0.29) is 5.97 Å². The molecular weight excluding hydrogens is 508 g/mol. The first-order chi connectivity index (χ1) is 20.1. The van der Waals surface area contributed by atoms with Gasteiger partial charge in [0.2, 0.25) is 0 Å². The largest absolute Gasteiger partial charge is 0.456 e. The van der Waals surface area contributed by atoms with Crippen molar-refractivity contribution in [1.29, 1.82) is 0 Å². The molecular formula is C36H36N2O3. The summed E-state index contributed by atoms with van der Waals surface area (Å²) < 4.78 is 13.1. The first-order valence-electron chi connectivity index (χ1n) is 15.0. The van der Waals surface area contributed by atoms with E-state index >= 15 is 0 Å². The van der Waals surface area contributed by atoms with Crippen LogP contribution in [0.1, 0.15) is 78.1 Å². The Kier molecular flexibility index (Phi) is 6.45. The Morgan fingerprint density at radius 1 is 0.878 bits per heavy atom. The second-order valence-corrected chi connectivity index (χ2v) is 11.5. The zero-order valence-corrected chi connectivity index (χ0v) is 23.8. The molecule has 1 spiro atoms. The maximum Gasteiger partial charge on any atom is 0.342 e. The van der Waals surface area contributed by atoms with E-state index in [2.05, 4.69) is 42.3 Å². The molecule has 5 heteroatoms. The van der Waals surface area contributed by atoms with E-state index in [0.29, 0.717) is 23.1 Å². The number of nitrogens with one attached hydrogen (secondary N) is 1. The van der Waals surface area contributed by atoms with Gasteiger partial charge >= 0.3 is 5.97 Å². The van der Waals surface area contributed by atoms with E-state index in [4.69, 9.17) is 9.47 Å². The quantitative estimate of drug-likeness (QED) is 0.246. The van der Waals surface area contributed by atoms with E-state index in [1.54, 1.807) is 0 Å². The summed E-state index contributed by atoms with van der Waals surface area (Å²) in [6.45, 7) is 5.27. The normalized spacial score (nSPS) is 16.8. The van der Waals surface area contributed by atoms with Crippen LogP contribution in [0.4, 0.5) is 17.1 Å². The number of aryl methyl sites for hydroxylation is 1. The van der Waals surface area contributed by atoms with Crippen molar-refractivity contribution in [2.75, 3.05) is 16.8 Å². The third-order valence-corrected chi connectivity index (χ3v) is 8.89. The van der Waals surface area contributed by atoms with Gasteiger partial charge in [-0.1, -0.05) is 80.8 Å². The number of esters is 1. The van der Waals surface area contributed by atoms with Crippen LogP contribution in [-0.4, -0.2) is 18.6 Å². The van der Waals surface area contributed by atoms with Crippen LogP contribution >= 0.6 is 0 Å². The maximum atomic E-state index is 14.4. The first-order valence-corrected chi connectivity index (χ1v) is 15.0. The highest BCUT2D eigenvalue weighted by Gasteiger charge is 2.56. The molecule has 0 atom stereocenters. The number of carbonyl (C=O) groups is 1. The molecule has 0 unspecified atom stereocenters. The number of para-hydroxylation sites is 3. The second-order valence-electron chi connectivity index (χ2n) is 11.5. The average molecular weight is 545 g/mol. The van der Waals surface area contributed by atoms with Crippen molar-refractivity contribution in [1.82, 2.24) is 0 Å². The monoisotopic (exact) mass is 544 g/mol. The summed E-state index contributed by atoms with van der Waals surface area (Å²) in [6, 6.07) is 28.7. The highest BCUT2D eigenvalue weighted by atomic mass is 16.6. The summed E-state index contributed by atoms with van der Waals surface area (Å²) >= 11 is 0. The maximum absolute atomic E-state index is 14.4. The highest BCUT2D eigenvalue weighted by Crippen LogP contribution is 2.60. The van der Waals surface area contributed by atoms with Crippen LogP contribution in [0.5, 0.6) is 11.5 Å². The van der Waals surface area contributed by atoms with Crippen molar-refractivity contribution in [2.45, 2.75) is 64.0 Å². The molecule has 0 aromatic heterocycles. The third-order valence-electron chi connectivity index (χ3n) is 8.89. The lowest BCUT2D eigenvalue weighted by Gasteiger charge is -2.39. The van der Waals surface area contributed by atoms with Crippen molar-refractivity contribution in [3.63, 3.8) is 0 Å². The number of carbonyl (C=O) groups excluding carboxylic acids is 1. The molecule has 2 aliphatic heterocycles. The fourth-order valence-corrected chi connectivity index (χ4v) is 7.12. The molecule has 4 aromatic carbocycles. The predicted octanol–water partition coefficient (Wildman–Crippen LogP) is 8.86. The predicted molar refractivity (Wildman–Crippen MR) is 164 cm³/mol. The van der Waals surface area contributed by atoms with E-state index in [0.717, 1.165) is 65.1 Å². The average Bonchev–Trinajstić information content (AvgIpc) is 3.31. The number of rotatable bonds is 6. The Labute approximate surface area is 242 Å². The summed E-state index contributed by atoms with van der Waals surface area (Å²) in [4.78, 5) is 16.9. The van der Waals surface area contributed by atoms with Gasteiger partial charge in [0.05, 0.1) is 16.9 Å². The molecule has 0 saturated heterocycles. The molecule has 0 bridgehead atoms. The SMILES string of the molecule is CCCN(c1cc(C)c(Nc2ccccc2)c2c1C(=O)OC21c2ccccc2Oc2ccccc21)C1CCCCC1. The van der Waals surface area contributed by atoms with Gasteiger partial charge in [0.25, 0.3) is 0 Å². The van der Waals surface area contributed by atoms with E-state index in [1.807, 2.05) is 66.7 Å². The van der Waals surface area contributed by atoms with Crippen molar-refractivity contribution >= 4 is 23.0 Å². The minimum Gasteiger partial charge on any atom is -0.456 e. The lowest BCUT2D eigenvalue weighted by Crippen LogP contribution is -2.38. The van der Waals surface area contributed by atoms with Gasteiger partial charge in [-0.2, -0.15) is 0 Å². The number of ether oxygens (including phenoxy) is 2. The molecule has 1 saturated carbocycles. The smallest absolute Gasteiger partial charge is 0.342 e. The van der Waals surface area contributed by atoms with Gasteiger partial charge in [-0.3, -0.25) is 0 Å². The fraction of sp³-hybridized carbons (Fsp3) is 0.306. The molecule has 4 aromatic rings. The lowest BCUT2D eigenvalue weighted by atomic mass is 9.75. The molecule has 41 heavy (non-hydrogen) atoms. The van der Waals surface area contributed by atoms with Crippen LogP contribution in [0.3, 0.4) is 0 Å². The second kappa shape index (κ2) is 10.3. The van der Waals surface area contributed by atoms with Crippen LogP contribution in [0, 0.1) is 6.92 Å². The number of benzene rings is 4.